The fourth-order valence-electron chi connectivity index (χ4n) is 3.99. The normalized spacial score (nSPS) is 11.0. The topological polar surface area (TPSA) is 0 Å². The summed E-state index contributed by atoms with van der Waals surface area (Å²) in [6.07, 6.45) is 20.7. The first-order chi connectivity index (χ1) is 12.3. The molecule has 0 spiro atoms. The Labute approximate surface area is 159 Å². The second kappa shape index (κ2) is 15.5. The van der Waals surface area contributed by atoms with Gasteiger partial charge in [0.05, 0.1) is 0 Å². The summed E-state index contributed by atoms with van der Waals surface area (Å²) in [5.41, 5.74) is 3.33. The number of rotatable bonds is 16. The molecule has 0 nitrogen and oxygen atoms in total. The van der Waals surface area contributed by atoms with E-state index in [0.717, 1.165) is 6.71 Å². The Morgan fingerprint density at radius 2 is 1.12 bits per heavy atom. The van der Waals surface area contributed by atoms with Crippen LogP contribution in [-0.4, -0.2) is 6.71 Å². The molecule has 1 rings (SSSR count). The Balaban J connectivity index is 2.66. The molecular weight excluding hydrogens is 299 g/mol. The zero-order valence-corrected chi connectivity index (χ0v) is 17.5. The van der Waals surface area contributed by atoms with Crippen LogP contribution in [0.1, 0.15) is 103 Å². The molecule has 1 aromatic carbocycles. The third kappa shape index (κ3) is 10.1. The zero-order chi connectivity index (χ0) is 18.2. The highest BCUT2D eigenvalue weighted by atomic mass is 14.0. The Kier molecular flexibility index (Phi) is 13.9. The van der Waals surface area contributed by atoms with Crippen molar-refractivity contribution in [3.05, 3.63) is 29.8 Å². The summed E-state index contributed by atoms with van der Waals surface area (Å²) >= 11 is 0. The van der Waals surface area contributed by atoms with Gasteiger partial charge in [0.15, 0.2) is 6.71 Å². The van der Waals surface area contributed by atoms with Crippen molar-refractivity contribution in [3.63, 3.8) is 0 Å². The van der Waals surface area contributed by atoms with Crippen molar-refractivity contribution in [1.29, 1.82) is 0 Å². The van der Waals surface area contributed by atoms with Crippen LogP contribution in [0.25, 0.3) is 0 Å². The van der Waals surface area contributed by atoms with E-state index in [0.29, 0.717) is 0 Å². The lowest BCUT2D eigenvalue weighted by Gasteiger charge is -2.18. The lowest BCUT2D eigenvalue weighted by atomic mass is 9.38. The SMILES string of the molecule is CCCCCCB(CCCCCC)c1ccccc1CCCCCC. The van der Waals surface area contributed by atoms with Crippen molar-refractivity contribution in [2.45, 2.75) is 117 Å². The molecule has 0 bridgehead atoms. The monoisotopic (exact) mass is 342 g/mol. The molecule has 0 saturated carbocycles. The van der Waals surface area contributed by atoms with E-state index in [1.165, 1.54) is 96.1 Å². The molecule has 0 unspecified atom stereocenters. The van der Waals surface area contributed by atoms with Gasteiger partial charge in [0.1, 0.15) is 0 Å². The average Bonchev–Trinajstić information content (AvgIpc) is 2.64. The summed E-state index contributed by atoms with van der Waals surface area (Å²) in [7, 11) is 0. The van der Waals surface area contributed by atoms with Crippen LogP contribution in [0.5, 0.6) is 0 Å². The largest absolute Gasteiger partial charge is 0.176 e. The minimum atomic E-state index is 0.802. The predicted molar refractivity (Wildman–Crippen MR) is 118 cm³/mol. The highest BCUT2D eigenvalue weighted by molar-refractivity contribution is 6.73. The molecule has 0 N–H and O–H groups in total. The van der Waals surface area contributed by atoms with E-state index in [-0.39, 0.29) is 0 Å². The van der Waals surface area contributed by atoms with Gasteiger partial charge in [0.2, 0.25) is 0 Å². The molecule has 1 heteroatoms. The molecule has 0 fully saturated rings. The Morgan fingerprint density at radius 1 is 0.600 bits per heavy atom. The maximum atomic E-state index is 2.44. The molecule has 0 amide bonds. The quantitative estimate of drug-likeness (QED) is 0.213. The Bertz CT molecular complexity index is 400. The van der Waals surface area contributed by atoms with Crippen LogP contribution < -0.4 is 5.46 Å². The van der Waals surface area contributed by atoms with Gasteiger partial charge in [-0.1, -0.05) is 139 Å². The van der Waals surface area contributed by atoms with Crippen molar-refractivity contribution < 1.29 is 0 Å². The average molecular weight is 342 g/mol. The molecule has 0 aromatic heterocycles. The van der Waals surface area contributed by atoms with E-state index in [1.807, 2.05) is 0 Å². The summed E-state index contributed by atoms with van der Waals surface area (Å²) in [6.45, 7) is 7.73. The molecule has 0 radical (unpaired) electrons. The molecule has 0 aliphatic carbocycles. The van der Waals surface area contributed by atoms with Gasteiger partial charge in [-0.15, -0.1) is 0 Å². The minimum Gasteiger partial charge on any atom is -0.0769 e. The number of aryl methyl sites for hydroxylation is 1. The first-order valence-electron chi connectivity index (χ1n) is 11.4. The van der Waals surface area contributed by atoms with Gasteiger partial charge in [0, 0.05) is 0 Å². The molecule has 142 valence electrons. The lowest BCUT2D eigenvalue weighted by molar-refractivity contribution is 0.667. The zero-order valence-electron chi connectivity index (χ0n) is 17.5. The fourth-order valence-corrected chi connectivity index (χ4v) is 3.99. The van der Waals surface area contributed by atoms with E-state index in [1.54, 1.807) is 11.0 Å². The van der Waals surface area contributed by atoms with E-state index in [2.05, 4.69) is 45.0 Å². The van der Waals surface area contributed by atoms with Gasteiger partial charge in [0.25, 0.3) is 0 Å². The van der Waals surface area contributed by atoms with Crippen LogP contribution in [0.3, 0.4) is 0 Å². The summed E-state index contributed by atoms with van der Waals surface area (Å²) in [4.78, 5) is 0. The molecule has 0 heterocycles. The Hall–Kier alpha value is -0.715. The van der Waals surface area contributed by atoms with Gasteiger partial charge >= 0.3 is 0 Å². The standard InChI is InChI=1S/C24H43B/c1-4-7-10-13-18-23-19-14-15-20-24(23)25(21-16-11-8-5-2)22-17-12-9-6-3/h14-15,19-20H,4-13,16-18,21-22H2,1-3H3. The second-order valence-corrected chi connectivity index (χ2v) is 7.91. The van der Waals surface area contributed by atoms with Gasteiger partial charge < -0.3 is 0 Å². The number of hydrogen-bond donors (Lipinski definition) is 0. The van der Waals surface area contributed by atoms with Crippen molar-refractivity contribution in [3.8, 4) is 0 Å². The molecular formula is C24H43B. The van der Waals surface area contributed by atoms with E-state index < -0.39 is 0 Å². The van der Waals surface area contributed by atoms with Crippen LogP contribution in [0, 0.1) is 0 Å². The summed E-state index contributed by atoms with van der Waals surface area (Å²) in [5.74, 6) is 0. The number of hydrogen-bond acceptors (Lipinski definition) is 0. The van der Waals surface area contributed by atoms with Crippen LogP contribution in [0.4, 0.5) is 0 Å². The molecule has 0 aliphatic heterocycles. The Morgan fingerprint density at radius 3 is 1.68 bits per heavy atom. The third-order valence-electron chi connectivity index (χ3n) is 5.61. The predicted octanol–water partition coefficient (Wildman–Crippen LogP) is 7.67. The number of benzene rings is 1. The van der Waals surface area contributed by atoms with Crippen molar-refractivity contribution in [1.82, 2.24) is 0 Å². The molecule has 1 aromatic rings. The van der Waals surface area contributed by atoms with Crippen LogP contribution in [0.15, 0.2) is 24.3 Å². The van der Waals surface area contributed by atoms with E-state index in [9.17, 15) is 0 Å². The van der Waals surface area contributed by atoms with E-state index in [4.69, 9.17) is 0 Å². The first-order valence-corrected chi connectivity index (χ1v) is 11.4. The lowest BCUT2D eigenvalue weighted by Crippen LogP contribution is -2.32. The summed E-state index contributed by atoms with van der Waals surface area (Å²) < 4.78 is 0. The highest BCUT2D eigenvalue weighted by Gasteiger charge is 2.18. The van der Waals surface area contributed by atoms with Crippen molar-refractivity contribution >= 4 is 12.2 Å². The highest BCUT2D eigenvalue weighted by Crippen LogP contribution is 2.16. The molecule has 0 aliphatic rings. The molecule has 0 saturated heterocycles. The first kappa shape index (κ1) is 22.3. The van der Waals surface area contributed by atoms with Gasteiger partial charge in [-0.25, -0.2) is 0 Å². The molecule has 25 heavy (non-hydrogen) atoms. The van der Waals surface area contributed by atoms with Crippen molar-refractivity contribution in [2.75, 3.05) is 0 Å². The van der Waals surface area contributed by atoms with Crippen LogP contribution in [0.2, 0.25) is 12.6 Å². The molecule has 0 atom stereocenters. The van der Waals surface area contributed by atoms with Crippen LogP contribution >= 0.6 is 0 Å². The second-order valence-electron chi connectivity index (χ2n) is 7.91. The fraction of sp³-hybridized carbons (Fsp3) is 0.750. The summed E-state index contributed by atoms with van der Waals surface area (Å²) in [6, 6.07) is 9.38. The minimum absolute atomic E-state index is 0.802. The third-order valence-corrected chi connectivity index (χ3v) is 5.61. The van der Waals surface area contributed by atoms with Gasteiger partial charge in [-0.3, -0.25) is 0 Å². The maximum absolute atomic E-state index is 2.44. The van der Waals surface area contributed by atoms with Gasteiger partial charge in [-0.2, -0.15) is 0 Å². The number of unbranched alkanes of at least 4 members (excludes halogenated alkanes) is 9. The summed E-state index contributed by atoms with van der Waals surface area (Å²) in [5, 5.41) is 0. The smallest absolute Gasteiger partial charge is 0.0769 e. The maximum Gasteiger partial charge on any atom is 0.176 e. The van der Waals surface area contributed by atoms with E-state index >= 15 is 0 Å². The van der Waals surface area contributed by atoms with Crippen molar-refractivity contribution in [2.24, 2.45) is 0 Å². The van der Waals surface area contributed by atoms with Gasteiger partial charge in [-0.05, 0) is 12.8 Å². The van der Waals surface area contributed by atoms with Crippen LogP contribution in [-0.2, 0) is 6.42 Å².